The zero-order chi connectivity index (χ0) is 26.3. The summed E-state index contributed by atoms with van der Waals surface area (Å²) in [6.45, 7) is 2.17. The number of ether oxygens (including phenoxy) is 1. The number of nitrogens with zero attached hydrogens (tertiary/aromatic N) is 2. The van der Waals surface area contributed by atoms with Crippen LogP contribution in [0.2, 0.25) is 0 Å². The van der Waals surface area contributed by atoms with Crippen molar-refractivity contribution in [2.75, 3.05) is 5.73 Å². The summed E-state index contributed by atoms with van der Waals surface area (Å²) >= 11 is 0. The Labute approximate surface area is 189 Å². The van der Waals surface area contributed by atoms with Gasteiger partial charge < -0.3 is 40.3 Å². The van der Waals surface area contributed by atoms with Crippen LogP contribution < -0.4 is 11.4 Å². The third-order valence-corrected chi connectivity index (χ3v) is 8.04. The summed E-state index contributed by atoms with van der Waals surface area (Å²) in [4.78, 5) is 51.3. The third-order valence-electron chi connectivity index (χ3n) is 4.11. The highest BCUT2D eigenvalue weighted by Gasteiger charge is 2.58. The van der Waals surface area contributed by atoms with Crippen LogP contribution in [0, 0.1) is 17.7 Å². The Morgan fingerprint density at radius 3 is 2.38 bits per heavy atom. The molecule has 1 fully saturated rings. The molecule has 17 nitrogen and oxygen atoms in total. The highest BCUT2D eigenvalue weighted by Crippen LogP contribution is 2.66. The van der Waals surface area contributed by atoms with E-state index in [9.17, 15) is 42.9 Å². The zero-order valence-electron chi connectivity index (χ0n) is 17.0. The first-order chi connectivity index (χ1) is 15.3. The van der Waals surface area contributed by atoms with Crippen LogP contribution in [0.4, 0.5) is 10.2 Å². The first kappa shape index (κ1) is 28.7. The van der Waals surface area contributed by atoms with Crippen LogP contribution in [-0.2, 0) is 31.6 Å². The predicted octanol–water partition coefficient (Wildman–Crippen LogP) is -1.29. The van der Waals surface area contributed by atoms with Gasteiger partial charge in [0.15, 0.2) is 23.5 Å². The monoisotopic (exact) mass is 553 g/mol. The fourth-order valence-corrected chi connectivity index (χ4v) is 6.10. The minimum absolute atomic E-state index is 0.400. The van der Waals surface area contributed by atoms with Gasteiger partial charge in [0, 0.05) is 0 Å². The van der Waals surface area contributed by atoms with E-state index < -0.39 is 70.9 Å². The molecule has 8 N–H and O–H groups in total. The van der Waals surface area contributed by atoms with Gasteiger partial charge in [0.25, 0.3) is 0 Å². The number of aliphatic hydroxyl groups excluding tert-OH is 1. The number of aliphatic hydroxyl groups is 2. The Bertz CT molecular complexity index is 1210. The number of aromatic nitrogens is 2. The van der Waals surface area contributed by atoms with Gasteiger partial charge in [-0.2, -0.15) is 13.6 Å². The van der Waals surface area contributed by atoms with E-state index in [2.05, 4.69) is 30.0 Å². The quantitative estimate of drug-likeness (QED) is 0.146. The number of hydrogen-bond donors (Lipinski definition) is 7. The van der Waals surface area contributed by atoms with Crippen molar-refractivity contribution in [2.45, 2.75) is 44.0 Å². The highest BCUT2D eigenvalue weighted by atomic mass is 31.3. The molecular formula is C13H19FN3O14P3. The molecule has 34 heavy (non-hydrogen) atoms. The molecular weight excluding hydrogens is 534 g/mol. The van der Waals surface area contributed by atoms with Crippen molar-refractivity contribution in [3.05, 3.63) is 22.5 Å². The molecule has 1 saturated heterocycles. The van der Waals surface area contributed by atoms with Crippen LogP contribution in [0.15, 0.2) is 11.0 Å². The molecule has 0 saturated carbocycles. The normalized spacial score (nSPS) is 29.5. The van der Waals surface area contributed by atoms with Crippen molar-refractivity contribution in [1.29, 1.82) is 0 Å². The fourth-order valence-electron chi connectivity index (χ4n) is 2.90. The van der Waals surface area contributed by atoms with Crippen LogP contribution in [0.5, 0.6) is 0 Å². The number of phosphoric acid groups is 3. The van der Waals surface area contributed by atoms with Crippen LogP contribution in [-0.4, -0.2) is 63.3 Å². The summed E-state index contributed by atoms with van der Waals surface area (Å²) in [6, 6.07) is 0. The molecule has 1 aliphatic heterocycles. The maximum Gasteiger partial charge on any atom is 0.490 e. The molecule has 0 aliphatic carbocycles. The van der Waals surface area contributed by atoms with Crippen LogP contribution in [0.1, 0.15) is 20.1 Å². The van der Waals surface area contributed by atoms with E-state index in [0.717, 1.165) is 6.92 Å². The van der Waals surface area contributed by atoms with Gasteiger partial charge in [-0.25, -0.2) is 22.9 Å². The Kier molecular flexibility index (Phi) is 8.31. The second kappa shape index (κ2) is 9.84. The number of halogens is 1. The number of phosphoric ester groups is 1. The number of hydrogen-bond acceptors (Lipinski definition) is 12. The molecule has 2 heterocycles. The summed E-state index contributed by atoms with van der Waals surface area (Å²) in [5.74, 6) is 2.46. The minimum atomic E-state index is -5.84. The molecule has 1 aromatic heterocycles. The maximum atomic E-state index is 13.9. The molecule has 1 aromatic rings. The van der Waals surface area contributed by atoms with Crippen molar-refractivity contribution in [3.63, 3.8) is 0 Å². The lowest BCUT2D eigenvalue weighted by Gasteiger charge is -2.27. The first-order valence-electron chi connectivity index (χ1n) is 8.68. The van der Waals surface area contributed by atoms with E-state index in [1.807, 2.05) is 0 Å². The van der Waals surface area contributed by atoms with Gasteiger partial charge in [-0.05, 0) is 13.8 Å². The SMILES string of the molecule is CC#CC1(O)C(O)[C@@H](C(C)OP(=O)(O)OP(=O)(O)OP(=O)(O)O)O[C@H]1n1cc(F)c(N)nc1=O. The average Bonchev–Trinajstić information content (AvgIpc) is 2.86. The van der Waals surface area contributed by atoms with Crippen molar-refractivity contribution in [3.8, 4) is 11.8 Å². The van der Waals surface area contributed by atoms with Gasteiger partial charge in [0.05, 0.1) is 12.3 Å². The van der Waals surface area contributed by atoms with Crippen molar-refractivity contribution >= 4 is 29.3 Å². The Balaban J connectivity index is 2.35. The summed E-state index contributed by atoms with van der Waals surface area (Å²) in [6.07, 6.45) is -7.20. The van der Waals surface area contributed by atoms with E-state index in [1.54, 1.807) is 0 Å². The van der Waals surface area contributed by atoms with E-state index in [4.69, 9.17) is 20.3 Å². The maximum absolute atomic E-state index is 13.9. The molecule has 21 heteroatoms. The molecule has 2 rings (SSSR count). The van der Waals surface area contributed by atoms with E-state index in [-0.39, 0.29) is 0 Å². The van der Waals surface area contributed by atoms with Gasteiger partial charge in [0.1, 0.15) is 12.2 Å². The minimum Gasteiger partial charge on any atom is -0.386 e. The van der Waals surface area contributed by atoms with Crippen molar-refractivity contribution in [1.82, 2.24) is 9.55 Å². The average molecular weight is 553 g/mol. The summed E-state index contributed by atoms with van der Waals surface area (Å²) in [5, 5.41) is 21.5. The summed E-state index contributed by atoms with van der Waals surface area (Å²) in [5.41, 5.74) is 1.33. The summed E-state index contributed by atoms with van der Waals surface area (Å²) in [7, 11) is -17.1. The van der Waals surface area contributed by atoms with Gasteiger partial charge in [0.2, 0.25) is 0 Å². The van der Waals surface area contributed by atoms with Gasteiger partial charge >= 0.3 is 29.2 Å². The predicted molar refractivity (Wildman–Crippen MR) is 106 cm³/mol. The van der Waals surface area contributed by atoms with Crippen molar-refractivity contribution < 1.29 is 65.8 Å². The van der Waals surface area contributed by atoms with Crippen LogP contribution in [0.25, 0.3) is 0 Å². The highest BCUT2D eigenvalue weighted by molar-refractivity contribution is 7.66. The molecule has 0 spiro atoms. The van der Waals surface area contributed by atoms with Crippen molar-refractivity contribution in [2.24, 2.45) is 0 Å². The molecule has 1 aliphatic rings. The molecule has 192 valence electrons. The molecule has 5 unspecified atom stereocenters. The molecule has 7 atom stereocenters. The Morgan fingerprint density at radius 2 is 1.85 bits per heavy atom. The molecule has 0 aromatic carbocycles. The van der Waals surface area contributed by atoms with E-state index >= 15 is 0 Å². The topological polar surface area (TPSA) is 270 Å². The first-order valence-corrected chi connectivity index (χ1v) is 13.2. The molecule has 0 radical (unpaired) electrons. The lowest BCUT2D eigenvalue weighted by Crippen LogP contribution is -2.49. The third kappa shape index (κ3) is 6.56. The van der Waals surface area contributed by atoms with E-state index in [1.165, 1.54) is 6.92 Å². The lowest BCUT2D eigenvalue weighted by atomic mass is 9.93. The largest absolute Gasteiger partial charge is 0.490 e. The number of anilines is 1. The standard InChI is InChI=1S/C13H19FN3O14P3/c1-3-4-13(20)9(18)8(28-11(13)17-5-7(14)10(15)16-12(17)19)6(2)29-33(24,25)31-34(26,27)30-32(21,22)23/h5-6,8-9,11,18,20H,1-2H3,(H,24,25)(H,26,27)(H2,15,16,19)(H2,21,22,23)/t6?,8-,9?,11-,13?/m1/s1. The fraction of sp³-hybridized carbons (Fsp3) is 0.538. The number of rotatable bonds is 8. The molecule has 0 amide bonds. The van der Waals surface area contributed by atoms with Crippen LogP contribution >= 0.6 is 23.5 Å². The molecule has 0 bridgehead atoms. The van der Waals surface area contributed by atoms with E-state index in [0.29, 0.717) is 10.8 Å². The van der Waals surface area contributed by atoms with Gasteiger partial charge in [-0.3, -0.25) is 9.09 Å². The Morgan fingerprint density at radius 1 is 1.26 bits per heavy atom. The number of nitrogen functional groups attached to an aromatic ring is 1. The number of nitrogens with two attached hydrogens (primary N) is 1. The second-order valence-electron chi connectivity index (χ2n) is 6.66. The second-order valence-corrected chi connectivity index (χ2v) is 11.0. The smallest absolute Gasteiger partial charge is 0.386 e. The lowest BCUT2D eigenvalue weighted by molar-refractivity contribution is -0.0871. The zero-order valence-corrected chi connectivity index (χ0v) is 19.7. The van der Waals surface area contributed by atoms with Gasteiger partial charge in [-0.1, -0.05) is 5.92 Å². The summed E-state index contributed by atoms with van der Waals surface area (Å²) < 4.78 is 65.5. The van der Waals surface area contributed by atoms with Gasteiger partial charge in [-0.15, -0.1) is 5.92 Å². The Hall–Kier alpha value is -1.54. The van der Waals surface area contributed by atoms with Crippen LogP contribution in [0.3, 0.4) is 0 Å².